The van der Waals surface area contributed by atoms with Crippen molar-refractivity contribution in [2.75, 3.05) is 6.26 Å². The predicted octanol–water partition coefficient (Wildman–Crippen LogP) is 2.13. The Balaban J connectivity index is 1.68. The van der Waals surface area contributed by atoms with Crippen LogP contribution in [0.1, 0.15) is 60.9 Å². The lowest BCUT2D eigenvalue weighted by atomic mass is 10.0. The smallest absolute Gasteiger partial charge is 0.272 e. The highest BCUT2D eigenvalue weighted by atomic mass is 32.2. The van der Waals surface area contributed by atoms with Gasteiger partial charge < -0.3 is 9.84 Å². The fourth-order valence-corrected chi connectivity index (χ4v) is 3.82. The minimum Gasteiger partial charge on any atom is -0.339 e. The Labute approximate surface area is 162 Å². The summed E-state index contributed by atoms with van der Waals surface area (Å²) in [5, 5.41) is 6.71. The maximum absolute atomic E-state index is 13.0. The van der Waals surface area contributed by atoms with Gasteiger partial charge in [-0.25, -0.2) is 13.4 Å². The van der Waals surface area contributed by atoms with Crippen LogP contribution in [0.25, 0.3) is 5.52 Å². The van der Waals surface area contributed by atoms with Gasteiger partial charge in [0, 0.05) is 18.4 Å². The van der Waals surface area contributed by atoms with Crippen molar-refractivity contribution in [3.8, 4) is 0 Å². The quantitative estimate of drug-likeness (QED) is 0.669. The summed E-state index contributed by atoms with van der Waals surface area (Å²) in [6.07, 6.45) is 4.72. The van der Waals surface area contributed by atoms with Gasteiger partial charge in [-0.3, -0.25) is 9.20 Å². The van der Waals surface area contributed by atoms with E-state index in [1.54, 1.807) is 24.4 Å². The van der Waals surface area contributed by atoms with Gasteiger partial charge in [-0.15, -0.1) is 0 Å². The van der Waals surface area contributed by atoms with Crippen LogP contribution >= 0.6 is 0 Å². The minimum absolute atomic E-state index is 0.0142. The van der Waals surface area contributed by atoms with Gasteiger partial charge in [-0.2, -0.15) is 4.98 Å². The number of fused-ring (bicyclic) bond motifs is 1. The van der Waals surface area contributed by atoms with Crippen molar-refractivity contribution >= 4 is 21.3 Å². The number of hydrogen-bond donors (Lipinski definition) is 1. The molecule has 1 aliphatic carbocycles. The molecule has 0 bridgehead atoms. The molecule has 9 nitrogen and oxygen atoms in total. The number of carbonyl (C=O) groups is 1. The molecule has 4 rings (SSSR count). The van der Waals surface area contributed by atoms with Crippen molar-refractivity contribution in [3.63, 3.8) is 0 Å². The molecule has 0 saturated heterocycles. The lowest BCUT2D eigenvalue weighted by molar-refractivity contribution is 0.0910. The van der Waals surface area contributed by atoms with Crippen LogP contribution in [0.5, 0.6) is 0 Å². The van der Waals surface area contributed by atoms with Crippen LogP contribution in [0.2, 0.25) is 0 Å². The average molecular weight is 403 g/mol. The van der Waals surface area contributed by atoms with Crippen molar-refractivity contribution in [3.05, 3.63) is 41.8 Å². The third-order valence-electron chi connectivity index (χ3n) is 4.68. The molecule has 28 heavy (non-hydrogen) atoms. The Morgan fingerprint density at radius 1 is 1.29 bits per heavy atom. The zero-order valence-corrected chi connectivity index (χ0v) is 16.6. The number of nitrogens with zero attached hydrogens (tertiary/aromatic N) is 4. The number of aromatic nitrogens is 4. The Bertz CT molecular complexity index is 1140. The standard InChI is InChI=1S/C18H21N5O4S/c1-10(2)13(17-21-15(22-27-17)11-7-8-11)19-16(24)14-12-6-4-5-9-23(12)18(20-14)28(3,25)26/h4-6,9-11,13H,7-8H2,1-3H3,(H,19,24). The van der Waals surface area contributed by atoms with Crippen molar-refractivity contribution in [2.45, 2.75) is 43.8 Å². The van der Waals surface area contributed by atoms with E-state index >= 15 is 0 Å². The fourth-order valence-electron chi connectivity index (χ4n) is 3.04. The second kappa shape index (κ2) is 6.69. The van der Waals surface area contributed by atoms with E-state index in [2.05, 4.69) is 20.4 Å². The molecule has 1 N–H and O–H groups in total. The Morgan fingerprint density at radius 3 is 2.68 bits per heavy atom. The minimum atomic E-state index is -3.61. The van der Waals surface area contributed by atoms with Crippen molar-refractivity contribution in [1.29, 1.82) is 0 Å². The van der Waals surface area contributed by atoms with Crippen molar-refractivity contribution in [2.24, 2.45) is 5.92 Å². The molecule has 0 aliphatic heterocycles. The van der Waals surface area contributed by atoms with Crippen LogP contribution in [-0.2, 0) is 9.84 Å². The summed E-state index contributed by atoms with van der Waals surface area (Å²) in [6.45, 7) is 3.86. The molecule has 0 radical (unpaired) electrons. The number of hydrogen-bond acceptors (Lipinski definition) is 7. The van der Waals surface area contributed by atoms with Gasteiger partial charge in [0.05, 0.1) is 5.52 Å². The highest BCUT2D eigenvalue weighted by Crippen LogP contribution is 2.38. The van der Waals surface area contributed by atoms with Crippen LogP contribution in [0.15, 0.2) is 34.1 Å². The molecule has 1 unspecified atom stereocenters. The molecule has 1 amide bonds. The Morgan fingerprint density at radius 2 is 2.04 bits per heavy atom. The zero-order chi connectivity index (χ0) is 20.1. The third-order valence-corrected chi connectivity index (χ3v) is 5.63. The topological polar surface area (TPSA) is 119 Å². The largest absolute Gasteiger partial charge is 0.339 e. The van der Waals surface area contributed by atoms with E-state index in [-0.39, 0.29) is 16.8 Å². The first-order chi connectivity index (χ1) is 13.3. The molecule has 1 saturated carbocycles. The van der Waals surface area contributed by atoms with Gasteiger partial charge in [-0.1, -0.05) is 25.1 Å². The number of carbonyl (C=O) groups excluding carboxylic acids is 1. The van der Waals surface area contributed by atoms with E-state index in [1.165, 1.54) is 4.40 Å². The molecule has 148 valence electrons. The van der Waals surface area contributed by atoms with Crippen LogP contribution in [-0.4, -0.2) is 40.1 Å². The second-order valence-corrected chi connectivity index (χ2v) is 9.34. The molecule has 3 aromatic rings. The summed E-state index contributed by atoms with van der Waals surface area (Å²) < 4.78 is 30.9. The molecule has 0 spiro atoms. The highest BCUT2D eigenvalue weighted by Gasteiger charge is 2.32. The van der Waals surface area contributed by atoms with Crippen LogP contribution in [0, 0.1) is 5.92 Å². The molecular formula is C18H21N5O4S. The molecule has 3 heterocycles. The molecule has 0 aromatic carbocycles. The summed E-state index contributed by atoms with van der Waals surface area (Å²) in [7, 11) is -3.61. The Kier molecular flexibility index (Phi) is 4.45. The number of imidazole rings is 1. The number of amides is 1. The number of pyridine rings is 1. The first kappa shape index (κ1) is 18.6. The van der Waals surface area contributed by atoms with E-state index in [1.807, 2.05) is 13.8 Å². The SMILES string of the molecule is CC(C)C(NC(=O)c1nc(S(C)(=O)=O)n2ccccc12)c1nc(C2CC2)no1. The van der Waals surface area contributed by atoms with Crippen molar-refractivity contribution < 1.29 is 17.7 Å². The van der Waals surface area contributed by atoms with Gasteiger partial charge in [-0.05, 0) is 30.9 Å². The maximum Gasteiger partial charge on any atom is 0.272 e. The van der Waals surface area contributed by atoms with E-state index in [0.29, 0.717) is 23.1 Å². The van der Waals surface area contributed by atoms with E-state index in [9.17, 15) is 13.2 Å². The van der Waals surface area contributed by atoms with E-state index < -0.39 is 21.8 Å². The van der Waals surface area contributed by atoms with Gasteiger partial charge in [0.25, 0.3) is 5.91 Å². The van der Waals surface area contributed by atoms with Gasteiger partial charge >= 0.3 is 0 Å². The van der Waals surface area contributed by atoms with E-state index in [0.717, 1.165) is 19.1 Å². The normalized spacial score (nSPS) is 15.9. The van der Waals surface area contributed by atoms with Crippen molar-refractivity contribution in [1.82, 2.24) is 24.8 Å². The molecule has 1 aliphatic rings. The van der Waals surface area contributed by atoms with Gasteiger partial charge in [0.2, 0.25) is 20.9 Å². The first-order valence-electron chi connectivity index (χ1n) is 9.07. The Hall–Kier alpha value is -2.75. The molecule has 1 atom stereocenters. The predicted molar refractivity (Wildman–Crippen MR) is 99.6 cm³/mol. The summed E-state index contributed by atoms with van der Waals surface area (Å²) in [5.41, 5.74) is 0.445. The second-order valence-electron chi connectivity index (χ2n) is 7.43. The average Bonchev–Trinajstić information content (AvgIpc) is 3.23. The fraction of sp³-hybridized carbons (Fsp3) is 0.444. The number of rotatable bonds is 6. The molecule has 1 fully saturated rings. The summed E-state index contributed by atoms with van der Waals surface area (Å²) >= 11 is 0. The maximum atomic E-state index is 13.0. The van der Waals surface area contributed by atoms with Crippen LogP contribution in [0.4, 0.5) is 0 Å². The zero-order valence-electron chi connectivity index (χ0n) is 15.8. The molecular weight excluding hydrogens is 382 g/mol. The first-order valence-corrected chi connectivity index (χ1v) is 11.0. The number of sulfone groups is 1. The number of nitrogens with one attached hydrogen (secondary N) is 1. The van der Waals surface area contributed by atoms with Crippen LogP contribution < -0.4 is 5.32 Å². The third kappa shape index (κ3) is 3.39. The summed E-state index contributed by atoms with van der Waals surface area (Å²) in [4.78, 5) is 21.5. The molecule has 10 heteroatoms. The van der Waals surface area contributed by atoms with Gasteiger partial charge in [0.1, 0.15) is 6.04 Å². The monoisotopic (exact) mass is 403 g/mol. The van der Waals surface area contributed by atoms with E-state index in [4.69, 9.17) is 4.52 Å². The molecule has 3 aromatic heterocycles. The summed E-state index contributed by atoms with van der Waals surface area (Å²) in [5.74, 6) is 0.845. The lowest BCUT2D eigenvalue weighted by Gasteiger charge is -2.17. The highest BCUT2D eigenvalue weighted by molar-refractivity contribution is 7.90. The van der Waals surface area contributed by atoms with Crippen LogP contribution in [0.3, 0.4) is 0 Å². The lowest BCUT2D eigenvalue weighted by Crippen LogP contribution is -2.32. The summed E-state index contributed by atoms with van der Waals surface area (Å²) in [6, 6.07) is 4.55. The van der Waals surface area contributed by atoms with Gasteiger partial charge in [0.15, 0.2) is 11.5 Å².